The van der Waals surface area contributed by atoms with Gasteiger partial charge in [-0.3, -0.25) is 9.78 Å². The molecule has 0 saturated heterocycles. The molecule has 1 aliphatic rings. The van der Waals surface area contributed by atoms with E-state index in [9.17, 15) is 9.90 Å². The molecule has 0 aliphatic heterocycles. The first-order chi connectivity index (χ1) is 12.0. The minimum Gasteiger partial charge on any atom is -0.386 e. The Labute approximate surface area is 156 Å². The van der Waals surface area contributed by atoms with Crippen LogP contribution in [0.1, 0.15) is 22.8 Å². The lowest BCUT2D eigenvalue weighted by Crippen LogP contribution is -2.42. The summed E-state index contributed by atoms with van der Waals surface area (Å²) in [6.07, 6.45) is 5.05. The molecule has 3 rings (SSSR count). The maximum Gasteiger partial charge on any atom is 0.246 e. The normalized spacial score (nSPS) is 14.8. The summed E-state index contributed by atoms with van der Waals surface area (Å²) in [5.74, 6) is -0.210. The Kier molecular flexibility index (Phi) is 5.42. The van der Waals surface area contributed by atoms with Crippen LogP contribution in [0, 0.1) is 0 Å². The molecule has 0 fully saturated rings. The van der Waals surface area contributed by atoms with Crippen LogP contribution >= 0.6 is 23.2 Å². The number of halogens is 2. The number of pyridine rings is 1. The van der Waals surface area contributed by atoms with Gasteiger partial charge in [0.2, 0.25) is 5.91 Å². The lowest BCUT2D eigenvalue weighted by molar-refractivity contribution is -0.129. The molecule has 0 radical (unpaired) electrons. The summed E-state index contributed by atoms with van der Waals surface area (Å²) >= 11 is 12.2. The average Bonchev–Trinajstić information content (AvgIpc) is 3.02. The van der Waals surface area contributed by atoms with E-state index in [4.69, 9.17) is 23.2 Å². The third kappa shape index (κ3) is 3.87. The van der Waals surface area contributed by atoms with Gasteiger partial charge < -0.3 is 10.0 Å². The minimum absolute atomic E-state index is 0.0682. The van der Waals surface area contributed by atoms with Crippen molar-refractivity contribution in [1.29, 1.82) is 0 Å². The molecule has 1 aromatic heterocycles. The Hall–Kier alpha value is -1.88. The van der Waals surface area contributed by atoms with Gasteiger partial charge in [-0.25, -0.2) is 0 Å². The van der Waals surface area contributed by atoms with Crippen LogP contribution in [-0.2, 0) is 17.6 Å². The lowest BCUT2D eigenvalue weighted by atomic mass is 10.1. The number of hydrogen-bond donors (Lipinski definition) is 1. The number of hydrogen-bond acceptors (Lipinski definition) is 3. The molecule has 1 amide bonds. The second-order valence-corrected chi connectivity index (χ2v) is 6.91. The molecule has 1 atom stereocenters. The van der Waals surface area contributed by atoms with Crippen molar-refractivity contribution in [3.8, 4) is 0 Å². The highest BCUT2D eigenvalue weighted by atomic mass is 35.5. The van der Waals surface area contributed by atoms with Crippen LogP contribution in [0.4, 0.5) is 0 Å². The van der Waals surface area contributed by atoms with Crippen LogP contribution in [0.25, 0.3) is 0 Å². The first-order valence-electron chi connectivity index (χ1n) is 7.97. The van der Waals surface area contributed by atoms with Crippen LogP contribution in [0.15, 0.2) is 49.3 Å². The Morgan fingerprint density at radius 1 is 1.36 bits per heavy atom. The first kappa shape index (κ1) is 17.9. The number of aliphatic hydroxyl groups is 1. The maximum atomic E-state index is 12.4. The summed E-state index contributed by atoms with van der Waals surface area (Å²) in [6.45, 7) is 3.76. The summed E-state index contributed by atoms with van der Waals surface area (Å²) in [5, 5.41) is 11.5. The van der Waals surface area contributed by atoms with Crippen LogP contribution < -0.4 is 0 Å². The summed E-state index contributed by atoms with van der Waals surface area (Å²) < 4.78 is 0. The zero-order valence-corrected chi connectivity index (χ0v) is 15.0. The van der Waals surface area contributed by atoms with Gasteiger partial charge in [-0.1, -0.05) is 35.8 Å². The molecule has 0 spiro atoms. The Bertz CT molecular complexity index is 765. The molecule has 6 heteroatoms. The van der Waals surface area contributed by atoms with Gasteiger partial charge in [0.05, 0.1) is 22.7 Å². The van der Waals surface area contributed by atoms with Crippen LogP contribution in [0.2, 0.25) is 10.0 Å². The predicted molar refractivity (Wildman–Crippen MR) is 98.8 cm³/mol. The van der Waals surface area contributed by atoms with Crippen molar-refractivity contribution in [3.05, 3.63) is 76.0 Å². The van der Waals surface area contributed by atoms with Crippen molar-refractivity contribution >= 4 is 29.1 Å². The van der Waals surface area contributed by atoms with E-state index in [2.05, 4.69) is 11.6 Å². The molecule has 0 unspecified atom stereocenters. The van der Waals surface area contributed by atoms with Crippen molar-refractivity contribution < 1.29 is 9.90 Å². The van der Waals surface area contributed by atoms with Crippen molar-refractivity contribution in [2.45, 2.75) is 25.0 Å². The summed E-state index contributed by atoms with van der Waals surface area (Å²) in [6, 6.07) is 7.19. The molecular formula is C19H18Cl2N2O2. The molecule has 0 bridgehead atoms. The highest BCUT2D eigenvalue weighted by Crippen LogP contribution is 2.33. The van der Waals surface area contributed by atoms with Gasteiger partial charge in [0.25, 0.3) is 0 Å². The molecule has 1 heterocycles. The number of aliphatic hydroxyl groups excluding tert-OH is 1. The van der Waals surface area contributed by atoms with Crippen molar-refractivity contribution in [2.24, 2.45) is 0 Å². The van der Waals surface area contributed by atoms with E-state index >= 15 is 0 Å². The van der Waals surface area contributed by atoms with Gasteiger partial charge in [-0.15, -0.1) is 0 Å². The van der Waals surface area contributed by atoms with Crippen LogP contribution in [-0.4, -0.2) is 33.5 Å². The third-order valence-electron chi connectivity index (χ3n) is 4.49. The number of carbonyl (C=O) groups is 1. The highest BCUT2D eigenvalue weighted by molar-refractivity contribution is 6.42. The SMILES string of the molecule is C=CC(=O)N(C[C@@H](O)c1cccnc1)C1Cc2cc(Cl)c(Cl)cc2C1. The monoisotopic (exact) mass is 376 g/mol. The number of benzene rings is 1. The molecular weight excluding hydrogens is 359 g/mol. The van der Waals surface area contributed by atoms with Crippen molar-refractivity contribution in [2.75, 3.05) is 6.54 Å². The summed E-state index contributed by atoms with van der Waals surface area (Å²) in [7, 11) is 0. The van der Waals surface area contributed by atoms with Crippen LogP contribution in [0.5, 0.6) is 0 Å². The zero-order chi connectivity index (χ0) is 18.0. The third-order valence-corrected chi connectivity index (χ3v) is 5.21. The molecule has 25 heavy (non-hydrogen) atoms. The standard InChI is InChI=1S/C19H18Cl2N2O2/c1-2-19(25)23(11-18(24)12-4-3-5-22-10-12)15-6-13-8-16(20)17(21)9-14(13)7-15/h2-5,8-10,15,18,24H,1,6-7,11H2/t18-/m1/s1. The number of amides is 1. The predicted octanol–water partition coefficient (Wildman–Crippen LogP) is 3.60. The van der Waals surface area contributed by atoms with Crippen molar-refractivity contribution in [3.63, 3.8) is 0 Å². The highest BCUT2D eigenvalue weighted by Gasteiger charge is 2.31. The summed E-state index contributed by atoms with van der Waals surface area (Å²) in [5.41, 5.74) is 2.83. The molecule has 1 aromatic carbocycles. The van der Waals surface area contributed by atoms with Crippen molar-refractivity contribution in [1.82, 2.24) is 9.88 Å². The lowest BCUT2D eigenvalue weighted by Gasteiger charge is -2.30. The van der Waals surface area contributed by atoms with E-state index in [1.54, 1.807) is 29.4 Å². The van der Waals surface area contributed by atoms with E-state index in [0.29, 0.717) is 28.5 Å². The fourth-order valence-corrected chi connectivity index (χ4v) is 3.58. The van der Waals surface area contributed by atoms with Gasteiger partial charge >= 0.3 is 0 Å². The largest absolute Gasteiger partial charge is 0.386 e. The van der Waals surface area contributed by atoms with E-state index in [1.165, 1.54) is 6.08 Å². The Balaban J connectivity index is 1.80. The van der Waals surface area contributed by atoms with Gasteiger partial charge in [0.15, 0.2) is 0 Å². The first-order valence-corrected chi connectivity index (χ1v) is 8.73. The molecule has 2 aromatic rings. The Morgan fingerprint density at radius 3 is 2.52 bits per heavy atom. The minimum atomic E-state index is -0.812. The van der Waals surface area contributed by atoms with Gasteiger partial charge in [-0.05, 0) is 48.2 Å². The zero-order valence-electron chi connectivity index (χ0n) is 13.5. The molecule has 0 saturated carbocycles. The van der Waals surface area contributed by atoms with E-state index in [-0.39, 0.29) is 18.5 Å². The van der Waals surface area contributed by atoms with E-state index < -0.39 is 6.10 Å². The molecule has 1 aliphatic carbocycles. The second-order valence-electron chi connectivity index (χ2n) is 6.09. The topological polar surface area (TPSA) is 53.4 Å². The van der Waals surface area contributed by atoms with Gasteiger partial charge in [0, 0.05) is 24.0 Å². The fourth-order valence-electron chi connectivity index (χ4n) is 3.21. The fraction of sp³-hybridized carbons (Fsp3) is 0.263. The van der Waals surface area contributed by atoms with Gasteiger partial charge in [0.1, 0.15) is 0 Å². The molecule has 4 nitrogen and oxygen atoms in total. The number of fused-ring (bicyclic) bond motifs is 1. The van der Waals surface area contributed by atoms with Crippen LogP contribution in [0.3, 0.4) is 0 Å². The van der Waals surface area contributed by atoms with Gasteiger partial charge in [-0.2, -0.15) is 0 Å². The number of nitrogens with zero attached hydrogens (tertiary/aromatic N) is 2. The molecule has 130 valence electrons. The number of aromatic nitrogens is 1. The van der Waals surface area contributed by atoms with E-state index in [1.807, 2.05) is 12.1 Å². The number of rotatable bonds is 5. The maximum absolute atomic E-state index is 12.4. The van der Waals surface area contributed by atoms with E-state index in [0.717, 1.165) is 11.1 Å². The smallest absolute Gasteiger partial charge is 0.246 e. The quantitative estimate of drug-likeness (QED) is 0.810. The molecule has 1 N–H and O–H groups in total. The summed E-state index contributed by atoms with van der Waals surface area (Å²) in [4.78, 5) is 18.1. The Morgan fingerprint density at radius 2 is 2.00 bits per heavy atom. The second kappa shape index (κ2) is 7.56. The average molecular weight is 377 g/mol. The number of carbonyl (C=O) groups excluding carboxylic acids is 1.